The molecule has 2 unspecified atom stereocenters. The van der Waals surface area contributed by atoms with Gasteiger partial charge in [-0.2, -0.15) is 4.39 Å². The maximum Gasteiger partial charge on any atom is 0.262 e. The molecule has 3 aliphatic heterocycles. The number of likely N-dealkylation sites (N-methyl/N-ethyl adjacent to an activating group) is 2. The Kier molecular flexibility index (Phi) is 17.9. The topological polar surface area (TPSA) is 257 Å². The lowest BCUT2D eigenvalue weighted by molar-refractivity contribution is -0.133. The Morgan fingerprint density at radius 3 is 2.01 bits per heavy atom. The fourth-order valence-electron chi connectivity index (χ4n) is 12.7. The van der Waals surface area contributed by atoms with Gasteiger partial charge in [0.15, 0.2) is 29.0 Å². The van der Waals surface area contributed by atoms with Crippen LogP contribution in [0.3, 0.4) is 0 Å². The second-order valence-electron chi connectivity index (χ2n) is 23.5. The van der Waals surface area contributed by atoms with Crippen LogP contribution in [0, 0.1) is 30.6 Å². The molecule has 0 bridgehead atoms. The van der Waals surface area contributed by atoms with Gasteiger partial charge in [0.2, 0.25) is 5.95 Å². The van der Waals surface area contributed by atoms with Crippen LogP contribution in [0.1, 0.15) is 130 Å². The van der Waals surface area contributed by atoms with Crippen molar-refractivity contribution in [3.8, 4) is 22.3 Å². The van der Waals surface area contributed by atoms with E-state index in [0.717, 1.165) is 84.7 Å². The molecule has 0 spiro atoms. The number of hydrogen-bond donors (Lipinski definition) is 4. The van der Waals surface area contributed by atoms with Crippen molar-refractivity contribution in [2.24, 2.45) is 49.9 Å². The summed E-state index contributed by atoms with van der Waals surface area (Å²) < 4.78 is 19.0. The molecule has 18 nitrogen and oxygen atoms in total. The molecular formula is C64H72Cl2FN13O5. The zero-order valence-corrected chi connectivity index (χ0v) is 49.8. The predicted octanol–water partition coefficient (Wildman–Crippen LogP) is 10.5. The van der Waals surface area contributed by atoms with Gasteiger partial charge in [-0.05, 0) is 147 Å². The molecule has 21 heteroatoms. The molecule has 85 heavy (non-hydrogen) atoms. The fourth-order valence-corrected chi connectivity index (χ4v) is 13.1. The molecule has 4 amide bonds. The van der Waals surface area contributed by atoms with E-state index in [9.17, 15) is 23.6 Å². The van der Waals surface area contributed by atoms with Crippen LogP contribution in [0.15, 0.2) is 135 Å². The number of pyridine rings is 2. The van der Waals surface area contributed by atoms with Gasteiger partial charge in [0.1, 0.15) is 17.0 Å². The summed E-state index contributed by atoms with van der Waals surface area (Å²) in [7, 11) is 3.33. The molecular weight excluding hydrogens is 1120 g/mol. The number of aliphatic imine (C=N–C) groups is 3. The molecule has 6 aromatic rings. The number of rotatable bonds is 14. The third-order valence-corrected chi connectivity index (χ3v) is 17.9. The van der Waals surface area contributed by atoms with Crippen molar-refractivity contribution in [2.45, 2.75) is 133 Å². The zero-order chi connectivity index (χ0) is 60.2. The standard InChI is InChI=1S/C25H36FN5O2.C23H21ClN4O2.C16H15ClN4O/c1-31-23(33)25(30-24(31)27,13-12-17-7-3-2-4-8-17)16-18-9-5-10-19(15-18)29-22(32)20-11-6-14-28-21(20)26;1-14-10-20(27-30-14)13-28-21(29)23(17-8-9-17,26-22(28)25)18-6-2-4-15(11-18)16-5-3-7-19(24)12-16;1-16(14(22)21(2)15(18)20-16)12-5-3-4-10(6-12)11-7-13(17)9-19-8-11/h6,11,14,17-19H,2-5,7-10,12-13,15-16H2,1H3,(H2,27,30)(H,29,32);2-7,10-12,17H,8-9,13H2,1H3,(H2,25,26);3-9H,1-2H3,(H2,18,20)/t18-,19+,25+;;/m0../s1. The van der Waals surface area contributed by atoms with Crippen molar-refractivity contribution in [1.82, 2.24) is 35.1 Å². The van der Waals surface area contributed by atoms with Crippen LogP contribution in [0.2, 0.25) is 10.0 Å². The largest absolute Gasteiger partial charge is 0.369 e. The molecule has 0 radical (unpaired) electrons. The van der Waals surface area contributed by atoms with E-state index in [0.29, 0.717) is 39.8 Å². The third-order valence-electron chi connectivity index (χ3n) is 17.4. The predicted molar refractivity (Wildman–Crippen MR) is 326 cm³/mol. The first-order valence-corrected chi connectivity index (χ1v) is 29.9. The lowest BCUT2D eigenvalue weighted by Gasteiger charge is -2.35. The van der Waals surface area contributed by atoms with Gasteiger partial charge in [0.05, 0.1) is 17.1 Å². The van der Waals surface area contributed by atoms with Gasteiger partial charge in [0, 0.05) is 55.4 Å². The SMILES string of the molecule is CN1C(=O)C(C)(c2cccc(-c3cncc(Cl)c3)c2)N=C1N.CN1C(=O)[C@@](CCC2CCCCC2)(C[C@H]2CCC[C@@H](NC(=O)c3cccnc3F)C2)N=C1N.Cc1cc(CN2C(=O)C(c3cccc(-c4cccc(Cl)c4)c3)(C3CC3)N=C2N)no1. The van der Waals surface area contributed by atoms with Gasteiger partial charge in [-0.1, -0.05) is 122 Å². The van der Waals surface area contributed by atoms with Crippen LogP contribution in [0.5, 0.6) is 0 Å². The van der Waals surface area contributed by atoms with Crippen LogP contribution in [-0.4, -0.2) is 97.0 Å². The van der Waals surface area contributed by atoms with E-state index >= 15 is 0 Å². The maximum atomic E-state index is 13.9. The molecule has 3 saturated carbocycles. The van der Waals surface area contributed by atoms with Crippen molar-refractivity contribution >= 4 is 64.7 Å². The van der Waals surface area contributed by atoms with E-state index in [-0.39, 0.29) is 59.6 Å². The summed E-state index contributed by atoms with van der Waals surface area (Å²) in [6, 6.07) is 29.8. The smallest absolute Gasteiger partial charge is 0.262 e. The quantitative estimate of drug-likeness (QED) is 0.0746. The highest BCUT2D eigenvalue weighted by Crippen LogP contribution is 2.52. The first kappa shape index (κ1) is 60.1. The first-order valence-electron chi connectivity index (χ1n) is 29.1. The molecule has 3 fully saturated rings. The average Bonchev–Trinajstić information content (AvgIpc) is 1.67. The fraction of sp³-hybridized carbons (Fsp3) is 0.406. The number of aromatic nitrogens is 3. The van der Waals surface area contributed by atoms with Crippen LogP contribution >= 0.6 is 23.2 Å². The minimum Gasteiger partial charge on any atom is -0.369 e. The van der Waals surface area contributed by atoms with E-state index in [2.05, 4.69) is 25.4 Å². The molecule has 3 aromatic heterocycles. The Morgan fingerprint density at radius 1 is 0.706 bits per heavy atom. The first-order chi connectivity index (χ1) is 40.8. The molecule has 3 aromatic carbocycles. The maximum absolute atomic E-state index is 13.9. The summed E-state index contributed by atoms with van der Waals surface area (Å²) in [5.41, 5.74) is 21.4. The number of benzene rings is 3. The minimum atomic E-state index is -0.999. The minimum absolute atomic E-state index is 0.000556. The van der Waals surface area contributed by atoms with Crippen molar-refractivity contribution in [1.29, 1.82) is 0 Å². The number of hydrogen-bond acceptors (Lipinski definition) is 14. The van der Waals surface area contributed by atoms with Crippen molar-refractivity contribution in [2.75, 3.05) is 14.1 Å². The zero-order valence-electron chi connectivity index (χ0n) is 48.3. The lowest BCUT2D eigenvalue weighted by atomic mass is 9.74. The highest BCUT2D eigenvalue weighted by molar-refractivity contribution is 6.31. The Hall–Kier alpha value is -8.03. The number of nitrogens with one attached hydrogen (secondary N) is 1. The van der Waals surface area contributed by atoms with E-state index in [1.54, 1.807) is 45.5 Å². The Morgan fingerprint density at radius 2 is 1.36 bits per heavy atom. The summed E-state index contributed by atoms with van der Waals surface area (Å²) >= 11 is 12.2. The summed E-state index contributed by atoms with van der Waals surface area (Å²) in [4.78, 5) is 77.8. The number of carbonyl (C=O) groups excluding carboxylic acids is 4. The summed E-state index contributed by atoms with van der Waals surface area (Å²) in [5, 5.41) is 8.21. The van der Waals surface area contributed by atoms with E-state index in [1.807, 2.05) is 85.8 Å². The Labute approximate surface area is 504 Å². The van der Waals surface area contributed by atoms with Crippen LogP contribution in [0.25, 0.3) is 22.3 Å². The molecule has 7 N–H and O–H groups in total. The van der Waals surface area contributed by atoms with Gasteiger partial charge in [-0.3, -0.25) is 38.9 Å². The molecule has 444 valence electrons. The average molecular weight is 1190 g/mol. The van der Waals surface area contributed by atoms with Gasteiger partial charge < -0.3 is 27.0 Å². The molecule has 0 saturated heterocycles. The van der Waals surface area contributed by atoms with E-state index in [1.165, 1.54) is 59.1 Å². The number of guanidine groups is 3. The van der Waals surface area contributed by atoms with Crippen LogP contribution in [0.4, 0.5) is 4.39 Å². The van der Waals surface area contributed by atoms with E-state index in [4.69, 9.17) is 54.9 Å². The Balaban J connectivity index is 0.000000145. The van der Waals surface area contributed by atoms with Gasteiger partial charge in [-0.25, -0.2) is 20.0 Å². The van der Waals surface area contributed by atoms with Crippen molar-refractivity contribution in [3.05, 3.63) is 160 Å². The van der Waals surface area contributed by atoms with Crippen LogP contribution in [-0.2, 0) is 32.0 Å². The summed E-state index contributed by atoms with van der Waals surface area (Å²) in [6.45, 7) is 3.82. The molecule has 12 rings (SSSR count). The number of amides is 4. The molecule has 6 aliphatic rings. The second-order valence-corrected chi connectivity index (χ2v) is 24.3. The molecule has 6 heterocycles. The van der Waals surface area contributed by atoms with Crippen molar-refractivity contribution in [3.63, 3.8) is 0 Å². The number of aryl methyl sites for hydroxylation is 1. The summed E-state index contributed by atoms with van der Waals surface area (Å²) in [5.74, 6) is 1.05. The van der Waals surface area contributed by atoms with Crippen molar-refractivity contribution < 1.29 is 28.1 Å². The van der Waals surface area contributed by atoms with Gasteiger partial charge in [0.25, 0.3) is 23.6 Å². The van der Waals surface area contributed by atoms with Crippen LogP contribution < -0.4 is 22.5 Å². The summed E-state index contributed by atoms with van der Waals surface area (Å²) in [6.07, 6.45) is 18.8. The number of halogens is 3. The highest BCUT2D eigenvalue weighted by Gasteiger charge is 2.58. The number of nitrogens with two attached hydrogens (primary N) is 3. The third kappa shape index (κ3) is 13.0. The lowest BCUT2D eigenvalue weighted by Crippen LogP contribution is -2.45. The van der Waals surface area contributed by atoms with Gasteiger partial charge >= 0.3 is 0 Å². The second kappa shape index (κ2) is 25.3. The number of carbonyl (C=O) groups is 4. The molecule has 5 atom stereocenters. The number of nitrogens with zero attached hydrogens (tertiary/aromatic N) is 9. The highest BCUT2D eigenvalue weighted by atomic mass is 35.5. The van der Waals surface area contributed by atoms with E-state index < -0.39 is 28.5 Å². The Bertz CT molecular complexity index is 3590. The molecule has 3 aliphatic carbocycles. The van der Waals surface area contributed by atoms with Gasteiger partial charge in [-0.15, -0.1) is 0 Å². The monoisotopic (exact) mass is 1190 g/mol. The normalized spacial score (nSPS) is 24.1.